The number of likely N-dealkylation sites (tertiary alicyclic amines) is 1. The first kappa shape index (κ1) is 22.1. The van der Waals surface area contributed by atoms with Gasteiger partial charge in [0.15, 0.2) is 5.96 Å². The maximum atomic E-state index is 4.35. The Hall–Kier alpha value is -1.19. The van der Waals surface area contributed by atoms with Crippen molar-refractivity contribution < 1.29 is 0 Å². The number of pyridine rings is 1. The number of rotatable bonds is 7. The zero-order valence-corrected chi connectivity index (χ0v) is 19.1. The molecule has 1 saturated heterocycles. The molecular formula is C20H30IN5S. The number of aromatic nitrogens is 1. The van der Waals surface area contributed by atoms with E-state index in [-0.39, 0.29) is 24.0 Å². The normalized spacial score (nSPS) is 16.0. The SMILES string of the molecule is CN=C(NCCc1ccccn1)NCC1CCN(Cc2cccs2)CC1.I. The maximum absolute atomic E-state index is 4.35. The third kappa shape index (κ3) is 7.75. The third-order valence-corrected chi connectivity index (χ3v) is 5.71. The molecule has 0 atom stereocenters. The van der Waals surface area contributed by atoms with Crippen molar-refractivity contribution >= 4 is 41.3 Å². The molecule has 2 aromatic rings. The predicted molar refractivity (Wildman–Crippen MR) is 125 cm³/mol. The van der Waals surface area contributed by atoms with Crippen molar-refractivity contribution in [2.75, 3.05) is 33.2 Å². The summed E-state index contributed by atoms with van der Waals surface area (Å²) in [6, 6.07) is 10.4. The highest BCUT2D eigenvalue weighted by Crippen LogP contribution is 2.20. The summed E-state index contributed by atoms with van der Waals surface area (Å²) in [6.45, 7) is 5.33. The Kier molecular flexibility index (Phi) is 10.1. The Bertz CT molecular complexity index is 654. The quantitative estimate of drug-likeness (QED) is 0.349. The predicted octanol–water partition coefficient (Wildman–Crippen LogP) is 3.38. The van der Waals surface area contributed by atoms with Crippen molar-refractivity contribution in [1.29, 1.82) is 0 Å². The average Bonchev–Trinajstić information content (AvgIpc) is 3.19. The van der Waals surface area contributed by atoms with Crippen LogP contribution in [0, 0.1) is 5.92 Å². The van der Waals surface area contributed by atoms with E-state index in [0.717, 1.165) is 43.6 Å². The van der Waals surface area contributed by atoms with Crippen molar-refractivity contribution in [3.63, 3.8) is 0 Å². The highest BCUT2D eigenvalue weighted by Gasteiger charge is 2.19. The number of nitrogens with zero attached hydrogens (tertiary/aromatic N) is 3. The van der Waals surface area contributed by atoms with E-state index in [4.69, 9.17) is 0 Å². The molecule has 0 unspecified atom stereocenters. The van der Waals surface area contributed by atoms with Crippen LogP contribution in [0.1, 0.15) is 23.4 Å². The number of thiophene rings is 1. The van der Waals surface area contributed by atoms with Crippen LogP contribution in [0.4, 0.5) is 0 Å². The van der Waals surface area contributed by atoms with Crippen LogP contribution in [0.5, 0.6) is 0 Å². The van der Waals surface area contributed by atoms with E-state index in [1.54, 1.807) is 0 Å². The van der Waals surface area contributed by atoms with Gasteiger partial charge in [0.05, 0.1) is 0 Å². The van der Waals surface area contributed by atoms with E-state index in [1.807, 2.05) is 36.7 Å². The van der Waals surface area contributed by atoms with Crippen molar-refractivity contribution in [3.8, 4) is 0 Å². The van der Waals surface area contributed by atoms with Gasteiger partial charge in [-0.2, -0.15) is 0 Å². The van der Waals surface area contributed by atoms with E-state index < -0.39 is 0 Å². The summed E-state index contributed by atoms with van der Waals surface area (Å²) < 4.78 is 0. The smallest absolute Gasteiger partial charge is 0.190 e. The molecule has 148 valence electrons. The van der Waals surface area contributed by atoms with E-state index in [0.29, 0.717) is 0 Å². The first-order valence-electron chi connectivity index (χ1n) is 9.42. The Morgan fingerprint density at radius 2 is 2.07 bits per heavy atom. The van der Waals surface area contributed by atoms with E-state index in [2.05, 4.69) is 49.1 Å². The molecule has 0 amide bonds. The molecule has 1 aliphatic heterocycles. The van der Waals surface area contributed by atoms with Gasteiger partial charge < -0.3 is 10.6 Å². The summed E-state index contributed by atoms with van der Waals surface area (Å²) in [7, 11) is 1.83. The fourth-order valence-corrected chi connectivity index (χ4v) is 4.03. The Balaban J connectivity index is 0.00000261. The van der Waals surface area contributed by atoms with Crippen LogP contribution in [-0.2, 0) is 13.0 Å². The van der Waals surface area contributed by atoms with Gasteiger partial charge in [-0.3, -0.25) is 14.9 Å². The molecule has 1 aliphatic rings. The second kappa shape index (κ2) is 12.3. The molecule has 0 spiro atoms. The topological polar surface area (TPSA) is 52.6 Å². The van der Waals surface area contributed by atoms with Gasteiger partial charge in [-0.15, -0.1) is 35.3 Å². The number of halogens is 1. The minimum Gasteiger partial charge on any atom is -0.356 e. The van der Waals surface area contributed by atoms with Gasteiger partial charge in [0.2, 0.25) is 0 Å². The highest BCUT2D eigenvalue weighted by molar-refractivity contribution is 14.0. The van der Waals surface area contributed by atoms with E-state index in [1.165, 1.54) is 30.8 Å². The van der Waals surface area contributed by atoms with Crippen molar-refractivity contribution in [2.45, 2.75) is 25.8 Å². The van der Waals surface area contributed by atoms with Crippen molar-refractivity contribution in [1.82, 2.24) is 20.5 Å². The summed E-state index contributed by atoms with van der Waals surface area (Å²) in [5.41, 5.74) is 1.11. The van der Waals surface area contributed by atoms with E-state index in [9.17, 15) is 0 Å². The highest BCUT2D eigenvalue weighted by atomic mass is 127. The number of guanidine groups is 1. The lowest BCUT2D eigenvalue weighted by Crippen LogP contribution is -2.43. The minimum atomic E-state index is 0. The number of aliphatic imine (C=N–C) groups is 1. The zero-order chi connectivity index (χ0) is 18.0. The van der Waals surface area contributed by atoms with Gasteiger partial charge >= 0.3 is 0 Å². The molecule has 3 heterocycles. The lowest BCUT2D eigenvalue weighted by molar-refractivity contribution is 0.179. The molecule has 7 heteroatoms. The molecule has 0 saturated carbocycles. The van der Waals surface area contributed by atoms with E-state index >= 15 is 0 Å². The molecule has 0 aromatic carbocycles. The second-order valence-corrected chi connectivity index (χ2v) is 7.78. The van der Waals surface area contributed by atoms with Gasteiger partial charge in [0.1, 0.15) is 0 Å². The summed E-state index contributed by atoms with van der Waals surface area (Å²) in [5.74, 6) is 1.62. The van der Waals surface area contributed by atoms with Gasteiger partial charge in [-0.05, 0) is 55.4 Å². The molecule has 27 heavy (non-hydrogen) atoms. The fourth-order valence-electron chi connectivity index (χ4n) is 3.29. The first-order chi connectivity index (χ1) is 12.8. The first-order valence-corrected chi connectivity index (χ1v) is 10.3. The van der Waals surface area contributed by atoms with Crippen LogP contribution in [0.3, 0.4) is 0 Å². The van der Waals surface area contributed by atoms with Gasteiger partial charge in [-0.1, -0.05) is 12.1 Å². The molecule has 2 aromatic heterocycles. The van der Waals surface area contributed by atoms with Crippen LogP contribution in [0.2, 0.25) is 0 Å². The third-order valence-electron chi connectivity index (χ3n) is 4.85. The average molecular weight is 499 g/mol. The summed E-state index contributed by atoms with van der Waals surface area (Å²) in [5, 5.41) is 9.04. The van der Waals surface area contributed by atoms with Crippen LogP contribution >= 0.6 is 35.3 Å². The maximum Gasteiger partial charge on any atom is 0.190 e. The van der Waals surface area contributed by atoms with Crippen LogP contribution in [0.25, 0.3) is 0 Å². The molecule has 1 fully saturated rings. The molecule has 0 radical (unpaired) electrons. The van der Waals surface area contributed by atoms with Gasteiger partial charge in [0, 0.05) is 49.9 Å². The van der Waals surface area contributed by atoms with Crippen molar-refractivity contribution in [2.24, 2.45) is 10.9 Å². The molecule has 2 N–H and O–H groups in total. The van der Waals surface area contributed by atoms with Crippen LogP contribution < -0.4 is 10.6 Å². The number of piperidine rings is 1. The summed E-state index contributed by atoms with van der Waals surface area (Å²) in [4.78, 5) is 12.7. The standard InChI is InChI=1S/C20H29N5S.HI/c1-21-20(23-11-7-18-5-2-3-10-22-18)24-15-17-8-12-25(13-9-17)16-19-6-4-14-26-19;/h2-6,10,14,17H,7-9,11-13,15-16H2,1H3,(H2,21,23,24);1H. The van der Waals surface area contributed by atoms with Crippen LogP contribution in [-0.4, -0.2) is 49.1 Å². The molecule has 5 nitrogen and oxygen atoms in total. The number of hydrogen-bond acceptors (Lipinski definition) is 4. The lowest BCUT2D eigenvalue weighted by Gasteiger charge is -2.32. The molecule has 0 aliphatic carbocycles. The Labute approximate surface area is 183 Å². The van der Waals surface area contributed by atoms with Crippen molar-refractivity contribution in [3.05, 3.63) is 52.5 Å². The summed E-state index contributed by atoms with van der Waals surface area (Å²) >= 11 is 1.86. The summed E-state index contributed by atoms with van der Waals surface area (Å²) in [6.07, 6.45) is 5.25. The van der Waals surface area contributed by atoms with Gasteiger partial charge in [-0.25, -0.2) is 0 Å². The fraction of sp³-hybridized carbons (Fsp3) is 0.500. The largest absolute Gasteiger partial charge is 0.356 e. The lowest BCUT2D eigenvalue weighted by atomic mass is 9.97. The molecule has 3 rings (SSSR count). The van der Waals surface area contributed by atoms with Gasteiger partial charge in [0.25, 0.3) is 0 Å². The number of hydrogen-bond donors (Lipinski definition) is 2. The zero-order valence-electron chi connectivity index (χ0n) is 15.9. The Morgan fingerprint density at radius 3 is 2.74 bits per heavy atom. The molecular weight excluding hydrogens is 469 g/mol. The molecule has 0 bridgehead atoms. The minimum absolute atomic E-state index is 0. The second-order valence-electron chi connectivity index (χ2n) is 6.75. The number of nitrogens with one attached hydrogen (secondary N) is 2. The monoisotopic (exact) mass is 499 g/mol. The Morgan fingerprint density at radius 1 is 1.22 bits per heavy atom. The van der Waals surface area contributed by atoms with Crippen LogP contribution in [0.15, 0.2) is 46.9 Å².